The molecule has 2 heterocycles. The van der Waals surface area contributed by atoms with Crippen LogP contribution < -0.4 is 20.7 Å². The number of hydrogen-bond donors (Lipinski definition) is 3. The SMILES string of the molecule is C[C@]12NC(=S)NC(c3ccccc3O1)C2C(=O)Nc1ccccc1. The lowest BCUT2D eigenvalue weighted by atomic mass is 9.80. The first-order chi connectivity index (χ1) is 11.6. The zero-order chi connectivity index (χ0) is 16.7. The first-order valence-electron chi connectivity index (χ1n) is 7.79. The van der Waals surface area contributed by atoms with E-state index < -0.39 is 11.6 Å². The average Bonchev–Trinajstić information content (AvgIpc) is 2.54. The van der Waals surface area contributed by atoms with E-state index in [1.165, 1.54) is 0 Å². The van der Waals surface area contributed by atoms with Gasteiger partial charge < -0.3 is 20.7 Å². The highest BCUT2D eigenvalue weighted by atomic mass is 32.1. The molecule has 2 aromatic carbocycles. The molecule has 0 aliphatic carbocycles. The summed E-state index contributed by atoms with van der Waals surface area (Å²) in [6.07, 6.45) is 0. The van der Waals surface area contributed by atoms with Crippen LogP contribution in [0.1, 0.15) is 18.5 Å². The van der Waals surface area contributed by atoms with E-state index >= 15 is 0 Å². The molecule has 24 heavy (non-hydrogen) atoms. The Labute approximate surface area is 145 Å². The number of carbonyl (C=O) groups is 1. The predicted octanol–water partition coefficient (Wildman–Crippen LogP) is 2.57. The Hall–Kier alpha value is -2.60. The monoisotopic (exact) mass is 339 g/mol. The smallest absolute Gasteiger partial charge is 0.236 e. The van der Waals surface area contributed by atoms with E-state index in [0.29, 0.717) is 5.11 Å². The summed E-state index contributed by atoms with van der Waals surface area (Å²) in [5, 5.41) is 9.80. The minimum Gasteiger partial charge on any atom is -0.467 e. The van der Waals surface area contributed by atoms with E-state index in [1.807, 2.05) is 61.5 Å². The topological polar surface area (TPSA) is 62.4 Å². The molecule has 2 bridgehead atoms. The van der Waals surface area contributed by atoms with Crippen LogP contribution in [0.25, 0.3) is 0 Å². The van der Waals surface area contributed by atoms with Crippen molar-refractivity contribution >= 4 is 28.9 Å². The van der Waals surface area contributed by atoms with Crippen molar-refractivity contribution in [3.63, 3.8) is 0 Å². The van der Waals surface area contributed by atoms with Crippen molar-refractivity contribution in [1.29, 1.82) is 0 Å². The van der Waals surface area contributed by atoms with Gasteiger partial charge in [0, 0.05) is 11.3 Å². The molecular weight excluding hydrogens is 322 g/mol. The molecular formula is C18H17N3O2S. The van der Waals surface area contributed by atoms with E-state index in [0.717, 1.165) is 17.0 Å². The number of anilines is 1. The van der Waals surface area contributed by atoms with Crippen molar-refractivity contribution in [3.05, 3.63) is 60.2 Å². The number of amides is 1. The number of fused-ring (bicyclic) bond motifs is 4. The van der Waals surface area contributed by atoms with Gasteiger partial charge >= 0.3 is 0 Å². The number of nitrogens with one attached hydrogen (secondary N) is 3. The van der Waals surface area contributed by atoms with Gasteiger partial charge in [0.25, 0.3) is 0 Å². The second kappa shape index (κ2) is 5.49. The molecule has 1 amide bonds. The third kappa shape index (κ3) is 2.39. The van der Waals surface area contributed by atoms with Gasteiger partial charge in [-0.15, -0.1) is 0 Å². The molecule has 1 saturated heterocycles. The average molecular weight is 339 g/mol. The van der Waals surface area contributed by atoms with Gasteiger partial charge in [-0.2, -0.15) is 0 Å². The van der Waals surface area contributed by atoms with Gasteiger partial charge in [0.2, 0.25) is 5.91 Å². The summed E-state index contributed by atoms with van der Waals surface area (Å²) in [6, 6.07) is 16.9. The normalized spacial score (nSPS) is 27.1. The van der Waals surface area contributed by atoms with E-state index in [1.54, 1.807) is 0 Å². The summed E-state index contributed by atoms with van der Waals surface area (Å²) in [5.74, 6) is 0.168. The van der Waals surface area contributed by atoms with Crippen molar-refractivity contribution in [3.8, 4) is 5.75 Å². The number of carbonyl (C=O) groups excluding carboxylic acids is 1. The number of para-hydroxylation sites is 2. The number of ether oxygens (including phenoxy) is 1. The van der Waals surface area contributed by atoms with Gasteiger partial charge in [0.1, 0.15) is 11.7 Å². The summed E-state index contributed by atoms with van der Waals surface area (Å²) in [5.41, 5.74) is 0.790. The third-order valence-corrected chi connectivity index (χ3v) is 4.69. The van der Waals surface area contributed by atoms with Crippen LogP contribution in [0.5, 0.6) is 5.75 Å². The zero-order valence-corrected chi connectivity index (χ0v) is 13.9. The summed E-state index contributed by atoms with van der Waals surface area (Å²) >= 11 is 5.30. The Morgan fingerprint density at radius 2 is 1.88 bits per heavy atom. The molecule has 1 fully saturated rings. The lowest BCUT2D eigenvalue weighted by Crippen LogP contribution is -2.70. The standard InChI is InChI=1S/C18H17N3O2S/c1-18-14(16(22)19-11-7-3-2-4-8-11)15(20-17(24)21-18)12-9-5-6-10-13(12)23-18/h2-10,14-15H,1H3,(H,19,22)(H2,20,21,24)/t14?,15?,18-/m0/s1. The molecule has 3 atom stereocenters. The van der Waals surface area contributed by atoms with E-state index in [-0.39, 0.29) is 11.9 Å². The molecule has 122 valence electrons. The Bertz CT molecular complexity index is 811. The van der Waals surface area contributed by atoms with E-state index in [9.17, 15) is 4.79 Å². The van der Waals surface area contributed by atoms with Crippen LogP contribution in [0.15, 0.2) is 54.6 Å². The lowest BCUT2D eigenvalue weighted by Gasteiger charge is -2.50. The largest absolute Gasteiger partial charge is 0.467 e. The second-order valence-electron chi connectivity index (χ2n) is 6.16. The Balaban J connectivity index is 1.72. The van der Waals surface area contributed by atoms with Crippen LogP contribution in [0.4, 0.5) is 5.69 Å². The molecule has 6 heteroatoms. The van der Waals surface area contributed by atoms with Gasteiger partial charge in [-0.25, -0.2) is 0 Å². The van der Waals surface area contributed by atoms with Crippen molar-refractivity contribution in [2.24, 2.45) is 5.92 Å². The number of thiocarbonyl (C=S) groups is 1. The molecule has 0 spiro atoms. The Kier molecular flexibility index (Phi) is 3.42. The number of hydrogen-bond acceptors (Lipinski definition) is 3. The first-order valence-corrected chi connectivity index (χ1v) is 8.20. The van der Waals surface area contributed by atoms with Gasteiger partial charge in [0.05, 0.1) is 6.04 Å². The fourth-order valence-corrected chi connectivity index (χ4v) is 3.76. The van der Waals surface area contributed by atoms with Gasteiger partial charge in [-0.05, 0) is 37.3 Å². The van der Waals surface area contributed by atoms with Gasteiger partial charge in [0.15, 0.2) is 10.8 Å². The molecule has 2 unspecified atom stereocenters. The quantitative estimate of drug-likeness (QED) is 0.734. The van der Waals surface area contributed by atoms with Gasteiger partial charge in [-0.1, -0.05) is 36.4 Å². The predicted molar refractivity (Wildman–Crippen MR) is 95.6 cm³/mol. The molecule has 3 N–H and O–H groups in total. The molecule has 5 nitrogen and oxygen atoms in total. The Morgan fingerprint density at radius 3 is 2.67 bits per heavy atom. The highest BCUT2D eigenvalue weighted by molar-refractivity contribution is 7.80. The molecule has 0 aromatic heterocycles. The van der Waals surface area contributed by atoms with Crippen molar-refractivity contribution in [2.75, 3.05) is 5.32 Å². The third-order valence-electron chi connectivity index (χ3n) is 4.47. The summed E-state index contributed by atoms with van der Waals surface area (Å²) < 4.78 is 6.13. The van der Waals surface area contributed by atoms with Crippen LogP contribution in [0.3, 0.4) is 0 Å². The van der Waals surface area contributed by atoms with Crippen LogP contribution >= 0.6 is 12.2 Å². The summed E-state index contributed by atoms with van der Waals surface area (Å²) in [6.45, 7) is 1.86. The van der Waals surface area contributed by atoms with Crippen LogP contribution in [-0.2, 0) is 4.79 Å². The summed E-state index contributed by atoms with van der Waals surface area (Å²) in [7, 11) is 0. The first kappa shape index (κ1) is 15.0. The zero-order valence-electron chi connectivity index (χ0n) is 13.1. The minimum atomic E-state index is -0.903. The number of rotatable bonds is 2. The molecule has 2 aliphatic heterocycles. The van der Waals surface area contributed by atoms with Crippen LogP contribution in [0, 0.1) is 5.92 Å². The van der Waals surface area contributed by atoms with Crippen molar-refractivity contribution in [1.82, 2.24) is 10.6 Å². The maximum atomic E-state index is 13.0. The fourth-order valence-electron chi connectivity index (χ4n) is 3.43. The van der Waals surface area contributed by atoms with Crippen molar-refractivity contribution in [2.45, 2.75) is 18.7 Å². The van der Waals surface area contributed by atoms with Crippen LogP contribution in [0.2, 0.25) is 0 Å². The Morgan fingerprint density at radius 1 is 1.17 bits per heavy atom. The maximum Gasteiger partial charge on any atom is 0.236 e. The minimum absolute atomic E-state index is 0.120. The van der Waals surface area contributed by atoms with E-state index in [4.69, 9.17) is 17.0 Å². The fraction of sp³-hybridized carbons (Fsp3) is 0.222. The highest BCUT2D eigenvalue weighted by Gasteiger charge is 2.54. The molecule has 0 radical (unpaired) electrons. The van der Waals surface area contributed by atoms with E-state index in [2.05, 4.69) is 16.0 Å². The summed E-state index contributed by atoms with van der Waals surface area (Å²) in [4.78, 5) is 13.0. The van der Waals surface area contributed by atoms with Crippen molar-refractivity contribution < 1.29 is 9.53 Å². The molecule has 2 aromatic rings. The molecule has 4 rings (SSSR count). The van der Waals surface area contributed by atoms with Crippen LogP contribution in [-0.4, -0.2) is 16.7 Å². The molecule has 0 saturated carbocycles. The molecule has 2 aliphatic rings. The number of benzene rings is 2. The lowest BCUT2D eigenvalue weighted by molar-refractivity contribution is -0.132. The van der Waals surface area contributed by atoms with Gasteiger partial charge in [-0.3, -0.25) is 4.79 Å². The second-order valence-corrected chi connectivity index (χ2v) is 6.56. The highest BCUT2D eigenvalue weighted by Crippen LogP contribution is 2.44. The maximum absolute atomic E-state index is 13.0.